The maximum atomic E-state index is 12.5. The van der Waals surface area contributed by atoms with Gasteiger partial charge in [-0.15, -0.1) is 11.3 Å². The molecule has 0 radical (unpaired) electrons. The average Bonchev–Trinajstić information content (AvgIpc) is 3.46. The molecular formula is C19H18N4O3S2. The number of aromatic nitrogens is 2. The standard InChI is InChI=1S/C19H18N4O3S2/c1-23(15-6-7-15)28(25,26)16-8-4-13(5-9-16)18(24)22-19-21-17(12-27-19)14-3-2-10-20-11-14/h2-5,8-12,15H,6-7H2,1H3,(H,21,22,24). The first kappa shape index (κ1) is 18.7. The summed E-state index contributed by atoms with van der Waals surface area (Å²) in [6.07, 6.45) is 5.18. The van der Waals surface area contributed by atoms with Crippen LogP contribution in [0, 0.1) is 0 Å². The van der Waals surface area contributed by atoms with Crippen LogP contribution in [0.25, 0.3) is 11.3 Å². The fraction of sp³-hybridized carbons (Fsp3) is 0.211. The number of thiazole rings is 1. The summed E-state index contributed by atoms with van der Waals surface area (Å²) >= 11 is 1.32. The van der Waals surface area contributed by atoms with Crippen molar-refractivity contribution in [3.8, 4) is 11.3 Å². The lowest BCUT2D eigenvalue weighted by Crippen LogP contribution is -2.29. The van der Waals surface area contributed by atoms with Crippen molar-refractivity contribution in [1.29, 1.82) is 0 Å². The third kappa shape index (κ3) is 3.82. The van der Waals surface area contributed by atoms with Crippen LogP contribution in [0.1, 0.15) is 23.2 Å². The number of carbonyl (C=O) groups excluding carboxylic acids is 1. The van der Waals surface area contributed by atoms with E-state index in [1.54, 1.807) is 19.4 Å². The molecule has 1 amide bonds. The first-order chi connectivity index (χ1) is 13.4. The van der Waals surface area contributed by atoms with Crippen molar-refractivity contribution in [2.24, 2.45) is 0 Å². The maximum Gasteiger partial charge on any atom is 0.257 e. The number of rotatable bonds is 6. The lowest BCUT2D eigenvalue weighted by molar-refractivity contribution is 0.102. The summed E-state index contributed by atoms with van der Waals surface area (Å²) in [6.45, 7) is 0. The minimum Gasteiger partial charge on any atom is -0.298 e. The first-order valence-corrected chi connectivity index (χ1v) is 11.0. The van der Waals surface area contributed by atoms with Gasteiger partial charge in [-0.3, -0.25) is 15.1 Å². The van der Waals surface area contributed by atoms with Gasteiger partial charge in [0.25, 0.3) is 5.91 Å². The van der Waals surface area contributed by atoms with Crippen LogP contribution in [-0.2, 0) is 10.0 Å². The van der Waals surface area contributed by atoms with Crippen LogP contribution in [0.3, 0.4) is 0 Å². The molecule has 144 valence electrons. The molecule has 1 saturated carbocycles. The Morgan fingerprint density at radius 2 is 1.96 bits per heavy atom. The predicted octanol–water partition coefficient (Wildman–Crippen LogP) is 3.24. The van der Waals surface area contributed by atoms with Gasteiger partial charge in [0.1, 0.15) is 0 Å². The zero-order valence-corrected chi connectivity index (χ0v) is 16.7. The zero-order valence-electron chi connectivity index (χ0n) is 15.1. The number of hydrogen-bond acceptors (Lipinski definition) is 6. The Morgan fingerprint density at radius 3 is 2.61 bits per heavy atom. The first-order valence-electron chi connectivity index (χ1n) is 8.70. The van der Waals surface area contributed by atoms with E-state index in [2.05, 4.69) is 15.3 Å². The molecule has 1 N–H and O–H groups in total. The van der Waals surface area contributed by atoms with Crippen molar-refractivity contribution in [3.05, 3.63) is 59.7 Å². The van der Waals surface area contributed by atoms with Crippen molar-refractivity contribution in [3.63, 3.8) is 0 Å². The van der Waals surface area contributed by atoms with E-state index >= 15 is 0 Å². The number of hydrogen-bond donors (Lipinski definition) is 1. The van der Waals surface area contributed by atoms with E-state index in [4.69, 9.17) is 0 Å². The van der Waals surface area contributed by atoms with Crippen molar-refractivity contribution >= 4 is 32.4 Å². The van der Waals surface area contributed by atoms with Gasteiger partial charge in [0.2, 0.25) is 10.0 Å². The van der Waals surface area contributed by atoms with Crippen LogP contribution in [0.5, 0.6) is 0 Å². The summed E-state index contributed by atoms with van der Waals surface area (Å²) < 4.78 is 26.5. The number of pyridine rings is 1. The zero-order chi connectivity index (χ0) is 19.7. The van der Waals surface area contributed by atoms with E-state index in [9.17, 15) is 13.2 Å². The van der Waals surface area contributed by atoms with Crippen LogP contribution < -0.4 is 5.32 Å². The Labute approximate surface area is 167 Å². The molecule has 0 spiro atoms. The van der Waals surface area contributed by atoms with Gasteiger partial charge >= 0.3 is 0 Å². The summed E-state index contributed by atoms with van der Waals surface area (Å²) in [7, 11) is -1.93. The highest BCUT2D eigenvalue weighted by Crippen LogP contribution is 2.30. The lowest BCUT2D eigenvalue weighted by atomic mass is 10.2. The Kier molecular flexibility index (Phi) is 4.96. The second-order valence-corrected chi connectivity index (χ2v) is 9.37. The molecule has 28 heavy (non-hydrogen) atoms. The molecule has 2 heterocycles. The molecule has 3 aromatic rings. The molecule has 4 rings (SSSR count). The highest BCUT2D eigenvalue weighted by molar-refractivity contribution is 7.89. The number of amides is 1. The quantitative estimate of drug-likeness (QED) is 0.668. The highest BCUT2D eigenvalue weighted by atomic mass is 32.2. The van der Waals surface area contributed by atoms with Crippen LogP contribution in [0.15, 0.2) is 59.1 Å². The number of anilines is 1. The molecule has 0 saturated heterocycles. The van der Waals surface area contributed by atoms with Gasteiger partial charge in [-0.25, -0.2) is 13.4 Å². The Morgan fingerprint density at radius 1 is 1.21 bits per heavy atom. The Balaban J connectivity index is 1.46. The van der Waals surface area contributed by atoms with E-state index in [0.29, 0.717) is 10.7 Å². The Bertz CT molecular complexity index is 1090. The van der Waals surface area contributed by atoms with Crippen molar-refractivity contribution in [2.45, 2.75) is 23.8 Å². The largest absolute Gasteiger partial charge is 0.298 e. The molecular weight excluding hydrogens is 396 g/mol. The van der Waals surface area contributed by atoms with E-state index in [0.717, 1.165) is 24.1 Å². The topological polar surface area (TPSA) is 92.3 Å². The number of nitrogens with one attached hydrogen (secondary N) is 1. The van der Waals surface area contributed by atoms with Crippen molar-refractivity contribution in [1.82, 2.24) is 14.3 Å². The smallest absolute Gasteiger partial charge is 0.257 e. The van der Waals surface area contributed by atoms with E-state index < -0.39 is 10.0 Å². The lowest BCUT2D eigenvalue weighted by Gasteiger charge is -2.16. The van der Waals surface area contributed by atoms with Crippen LogP contribution in [-0.4, -0.2) is 41.7 Å². The molecule has 2 aromatic heterocycles. The molecule has 1 aliphatic rings. The summed E-state index contributed by atoms with van der Waals surface area (Å²) in [4.78, 5) is 21.1. The SMILES string of the molecule is CN(C1CC1)S(=O)(=O)c1ccc(C(=O)Nc2nc(-c3cccnc3)cs2)cc1. The molecule has 0 bridgehead atoms. The second-order valence-electron chi connectivity index (χ2n) is 6.51. The van der Waals surface area contributed by atoms with Crippen LogP contribution >= 0.6 is 11.3 Å². The van der Waals surface area contributed by atoms with Gasteiger partial charge in [0, 0.05) is 42.0 Å². The molecule has 0 unspecified atom stereocenters. The van der Waals surface area contributed by atoms with Crippen LogP contribution in [0.2, 0.25) is 0 Å². The average molecular weight is 415 g/mol. The monoisotopic (exact) mass is 414 g/mol. The van der Waals surface area contributed by atoms with Gasteiger partial charge in [-0.05, 0) is 49.2 Å². The summed E-state index contributed by atoms with van der Waals surface area (Å²) in [5.41, 5.74) is 1.97. The number of benzene rings is 1. The van der Waals surface area contributed by atoms with E-state index in [1.807, 2.05) is 17.5 Å². The minimum atomic E-state index is -3.52. The van der Waals surface area contributed by atoms with Gasteiger partial charge in [0.05, 0.1) is 10.6 Å². The third-order valence-corrected chi connectivity index (χ3v) is 7.22. The number of nitrogens with zero attached hydrogens (tertiary/aromatic N) is 3. The van der Waals surface area contributed by atoms with Crippen LogP contribution in [0.4, 0.5) is 5.13 Å². The molecule has 0 aliphatic heterocycles. The molecule has 7 nitrogen and oxygen atoms in total. The minimum absolute atomic E-state index is 0.0897. The Hall–Kier alpha value is -2.62. The number of carbonyl (C=O) groups is 1. The van der Waals surface area contributed by atoms with Gasteiger partial charge in [-0.1, -0.05) is 0 Å². The van der Waals surface area contributed by atoms with Gasteiger partial charge in [-0.2, -0.15) is 4.31 Å². The third-order valence-electron chi connectivity index (χ3n) is 4.54. The fourth-order valence-electron chi connectivity index (χ4n) is 2.73. The molecule has 1 aliphatic carbocycles. The summed E-state index contributed by atoms with van der Waals surface area (Å²) in [5.74, 6) is -0.341. The molecule has 0 atom stereocenters. The van der Waals surface area contributed by atoms with Crippen molar-refractivity contribution in [2.75, 3.05) is 12.4 Å². The normalized spacial score (nSPS) is 14.2. The summed E-state index contributed by atoms with van der Waals surface area (Å²) in [5, 5.41) is 5.06. The fourth-order valence-corrected chi connectivity index (χ4v) is 4.86. The molecule has 9 heteroatoms. The predicted molar refractivity (Wildman–Crippen MR) is 108 cm³/mol. The van der Waals surface area contributed by atoms with Crippen molar-refractivity contribution < 1.29 is 13.2 Å². The molecule has 1 aromatic carbocycles. The van der Waals surface area contributed by atoms with E-state index in [1.165, 1.54) is 39.9 Å². The van der Waals surface area contributed by atoms with E-state index in [-0.39, 0.29) is 16.8 Å². The second kappa shape index (κ2) is 7.42. The summed E-state index contributed by atoms with van der Waals surface area (Å²) in [6, 6.07) is 9.76. The molecule has 1 fully saturated rings. The highest BCUT2D eigenvalue weighted by Gasteiger charge is 2.35. The van der Waals surface area contributed by atoms with Gasteiger partial charge in [0.15, 0.2) is 5.13 Å². The number of sulfonamides is 1. The van der Waals surface area contributed by atoms with Gasteiger partial charge < -0.3 is 0 Å². The maximum absolute atomic E-state index is 12.5.